The molecule has 0 saturated heterocycles. The Morgan fingerprint density at radius 1 is 1.38 bits per heavy atom. The van der Waals surface area contributed by atoms with Gasteiger partial charge in [0.05, 0.1) is 10.6 Å². The molecular weight excluding hydrogens is 203 g/mol. The molecule has 13 heavy (non-hydrogen) atoms. The topological polar surface area (TPSA) is 83.0 Å². The van der Waals surface area contributed by atoms with Crippen LogP contribution in [-0.2, 0) is 10.1 Å². The zero-order valence-corrected chi connectivity index (χ0v) is 10.4. The molecule has 0 atom stereocenters. The molecule has 0 radical (unpaired) electrons. The maximum atomic E-state index is 10.5. The van der Waals surface area contributed by atoms with E-state index in [1.807, 2.05) is 0 Å². The van der Waals surface area contributed by atoms with Crippen LogP contribution in [0, 0.1) is 13.8 Å². The van der Waals surface area contributed by atoms with Crippen molar-refractivity contribution < 1.29 is 42.5 Å². The minimum Gasteiger partial charge on any atom is -0.744 e. The standard InChI is InChI=1S/C6H8N2O3S.Na/c1-4-6(12(9,10)11)3-7-5(2)8-4;/h3H,1-2H3,(H,9,10,11);/q;+1/p-1. The average Bonchev–Trinajstić information content (AvgIpc) is 1.83. The van der Waals surface area contributed by atoms with E-state index in [1.54, 1.807) is 6.92 Å². The molecule has 0 N–H and O–H groups in total. The van der Waals surface area contributed by atoms with Crippen LogP contribution in [0.2, 0.25) is 0 Å². The van der Waals surface area contributed by atoms with Gasteiger partial charge in [-0.15, -0.1) is 0 Å². The molecule has 1 aromatic heterocycles. The predicted molar refractivity (Wildman–Crippen MR) is 39.5 cm³/mol. The second-order valence-corrected chi connectivity index (χ2v) is 3.67. The number of aromatic nitrogens is 2. The van der Waals surface area contributed by atoms with Gasteiger partial charge in [-0.25, -0.2) is 18.4 Å². The number of rotatable bonds is 1. The number of hydrogen-bond acceptors (Lipinski definition) is 5. The van der Waals surface area contributed by atoms with Gasteiger partial charge < -0.3 is 4.55 Å². The maximum absolute atomic E-state index is 10.5. The fourth-order valence-corrected chi connectivity index (χ4v) is 1.41. The maximum Gasteiger partial charge on any atom is 1.00 e. The third kappa shape index (κ3) is 3.32. The van der Waals surface area contributed by atoms with Crippen LogP contribution in [0.15, 0.2) is 11.1 Å². The summed E-state index contributed by atoms with van der Waals surface area (Å²) in [7, 11) is -4.43. The molecule has 0 aliphatic heterocycles. The van der Waals surface area contributed by atoms with Crippen LogP contribution in [0.3, 0.4) is 0 Å². The van der Waals surface area contributed by atoms with Crippen LogP contribution >= 0.6 is 0 Å². The summed E-state index contributed by atoms with van der Waals surface area (Å²) in [4.78, 5) is 7.01. The second kappa shape index (κ2) is 4.47. The average molecular weight is 210 g/mol. The zero-order valence-electron chi connectivity index (χ0n) is 7.60. The van der Waals surface area contributed by atoms with Gasteiger partial charge in [-0.3, -0.25) is 0 Å². The summed E-state index contributed by atoms with van der Waals surface area (Å²) in [6.45, 7) is 3.08. The summed E-state index contributed by atoms with van der Waals surface area (Å²) >= 11 is 0. The van der Waals surface area contributed by atoms with Gasteiger partial charge in [-0.1, -0.05) is 0 Å². The third-order valence-corrected chi connectivity index (χ3v) is 2.26. The van der Waals surface area contributed by atoms with Crippen molar-refractivity contribution in [2.45, 2.75) is 18.7 Å². The van der Waals surface area contributed by atoms with E-state index in [9.17, 15) is 13.0 Å². The van der Waals surface area contributed by atoms with E-state index in [1.165, 1.54) is 6.92 Å². The van der Waals surface area contributed by atoms with Crippen LogP contribution in [0.1, 0.15) is 11.5 Å². The molecule has 0 spiro atoms. The first-order chi connectivity index (χ1) is 5.41. The fourth-order valence-electron chi connectivity index (χ4n) is 0.818. The molecule has 0 bridgehead atoms. The Morgan fingerprint density at radius 2 is 1.92 bits per heavy atom. The van der Waals surface area contributed by atoms with Crippen molar-refractivity contribution >= 4 is 10.1 Å². The Kier molecular flexibility index (Phi) is 4.47. The Balaban J connectivity index is 0.00000144. The van der Waals surface area contributed by atoms with Gasteiger partial charge in [0.15, 0.2) is 0 Å². The first kappa shape index (κ1) is 13.0. The molecule has 0 amide bonds. The van der Waals surface area contributed by atoms with E-state index in [4.69, 9.17) is 0 Å². The van der Waals surface area contributed by atoms with Crippen LogP contribution in [0.4, 0.5) is 0 Å². The van der Waals surface area contributed by atoms with Crippen molar-refractivity contribution in [3.8, 4) is 0 Å². The van der Waals surface area contributed by atoms with E-state index in [2.05, 4.69) is 9.97 Å². The van der Waals surface area contributed by atoms with Crippen molar-refractivity contribution in [3.05, 3.63) is 17.7 Å². The molecule has 0 saturated carbocycles. The van der Waals surface area contributed by atoms with Crippen LogP contribution in [-0.4, -0.2) is 22.9 Å². The number of hydrogen-bond donors (Lipinski definition) is 0. The Hall–Kier alpha value is -0.0100. The van der Waals surface area contributed by atoms with Gasteiger partial charge in [0, 0.05) is 6.20 Å². The van der Waals surface area contributed by atoms with Gasteiger partial charge in [0.2, 0.25) is 0 Å². The van der Waals surface area contributed by atoms with Gasteiger partial charge in [-0.2, -0.15) is 0 Å². The van der Waals surface area contributed by atoms with Crippen molar-refractivity contribution in [2.24, 2.45) is 0 Å². The largest absolute Gasteiger partial charge is 1.00 e. The molecule has 1 aromatic rings. The zero-order chi connectivity index (χ0) is 9.35. The molecule has 5 nitrogen and oxygen atoms in total. The normalized spacial score (nSPS) is 10.7. The molecule has 0 aliphatic rings. The van der Waals surface area contributed by atoms with Crippen molar-refractivity contribution in [1.29, 1.82) is 0 Å². The minimum atomic E-state index is -4.43. The molecule has 0 aliphatic carbocycles. The van der Waals surface area contributed by atoms with Gasteiger partial charge >= 0.3 is 29.6 Å². The van der Waals surface area contributed by atoms with E-state index >= 15 is 0 Å². The van der Waals surface area contributed by atoms with Crippen molar-refractivity contribution in [2.75, 3.05) is 0 Å². The van der Waals surface area contributed by atoms with Crippen molar-refractivity contribution in [3.63, 3.8) is 0 Å². The molecular formula is C6H7N2NaO3S. The third-order valence-electron chi connectivity index (χ3n) is 1.32. The van der Waals surface area contributed by atoms with E-state index < -0.39 is 10.1 Å². The van der Waals surface area contributed by atoms with Gasteiger partial charge in [0.1, 0.15) is 15.9 Å². The van der Waals surface area contributed by atoms with Crippen LogP contribution in [0.5, 0.6) is 0 Å². The monoisotopic (exact) mass is 210 g/mol. The summed E-state index contributed by atoms with van der Waals surface area (Å²) in [5, 5.41) is 0. The summed E-state index contributed by atoms with van der Waals surface area (Å²) in [5.74, 6) is 0.444. The van der Waals surface area contributed by atoms with E-state index in [0.29, 0.717) is 5.82 Å². The van der Waals surface area contributed by atoms with E-state index in [0.717, 1.165) is 6.20 Å². The molecule has 0 aromatic carbocycles. The predicted octanol–water partition coefficient (Wildman–Crippen LogP) is -3.00. The van der Waals surface area contributed by atoms with Crippen LogP contribution < -0.4 is 29.6 Å². The second-order valence-electron chi connectivity index (χ2n) is 2.32. The Morgan fingerprint density at radius 3 is 2.31 bits per heavy atom. The fraction of sp³-hybridized carbons (Fsp3) is 0.333. The molecule has 66 valence electrons. The van der Waals surface area contributed by atoms with Crippen LogP contribution in [0.25, 0.3) is 0 Å². The van der Waals surface area contributed by atoms with Gasteiger partial charge in [0.25, 0.3) is 0 Å². The molecule has 0 fully saturated rings. The smallest absolute Gasteiger partial charge is 0.744 e. The van der Waals surface area contributed by atoms with E-state index in [-0.39, 0.29) is 40.1 Å². The summed E-state index contributed by atoms with van der Waals surface area (Å²) in [6, 6.07) is 0. The van der Waals surface area contributed by atoms with Crippen molar-refractivity contribution in [1.82, 2.24) is 9.97 Å². The first-order valence-electron chi connectivity index (χ1n) is 3.17. The quantitative estimate of drug-likeness (QED) is 0.364. The number of nitrogens with zero attached hydrogens (tertiary/aromatic N) is 2. The van der Waals surface area contributed by atoms with Gasteiger partial charge in [-0.05, 0) is 13.8 Å². The molecule has 1 rings (SSSR count). The molecule has 1 heterocycles. The number of aryl methyl sites for hydroxylation is 2. The Labute approximate surface area is 98.6 Å². The summed E-state index contributed by atoms with van der Waals surface area (Å²) < 4.78 is 31.6. The Bertz CT molecular complexity index is 404. The first-order valence-corrected chi connectivity index (χ1v) is 4.58. The minimum absolute atomic E-state index is 0. The molecule has 7 heteroatoms. The SMILES string of the molecule is Cc1ncc(S(=O)(=O)[O-])c(C)n1.[Na+]. The summed E-state index contributed by atoms with van der Waals surface area (Å²) in [6.07, 6.45) is 1.03. The molecule has 0 unspecified atom stereocenters. The summed E-state index contributed by atoms with van der Waals surface area (Å²) in [5.41, 5.74) is 0.192.